The highest BCUT2D eigenvalue weighted by Gasteiger charge is 2.17. The summed E-state index contributed by atoms with van der Waals surface area (Å²) in [4.78, 5) is 0. The van der Waals surface area contributed by atoms with Crippen LogP contribution in [-0.2, 0) is 10.0 Å². The lowest BCUT2D eigenvalue weighted by molar-refractivity contribution is 0.547. The Bertz CT molecular complexity index is 482. The van der Waals surface area contributed by atoms with Crippen LogP contribution >= 0.6 is 0 Å². The Labute approximate surface area is 96.9 Å². The second kappa shape index (κ2) is 5.37. The van der Waals surface area contributed by atoms with E-state index in [1.807, 2.05) is 0 Å². The van der Waals surface area contributed by atoms with Crippen molar-refractivity contribution in [1.29, 1.82) is 0 Å². The van der Waals surface area contributed by atoms with E-state index >= 15 is 0 Å². The zero-order valence-electron chi connectivity index (χ0n) is 8.93. The molecule has 0 saturated carbocycles. The molecule has 0 aromatic heterocycles. The summed E-state index contributed by atoms with van der Waals surface area (Å²) < 4.78 is 63.3. The molecule has 0 aliphatic heterocycles. The fourth-order valence-corrected chi connectivity index (χ4v) is 2.16. The molecule has 0 fully saturated rings. The topological polar surface area (TPSA) is 58.2 Å². The fraction of sp³-hybridized carbons (Fsp3) is 0.333. The van der Waals surface area contributed by atoms with Crippen LogP contribution in [0.15, 0.2) is 12.1 Å². The van der Waals surface area contributed by atoms with E-state index in [1.54, 1.807) is 4.72 Å². The van der Waals surface area contributed by atoms with Crippen LogP contribution in [0.25, 0.3) is 0 Å². The number of hydrogen-bond donors (Lipinski definition) is 2. The van der Waals surface area contributed by atoms with E-state index in [9.17, 15) is 21.6 Å². The maximum Gasteiger partial charge on any atom is 0.234 e. The lowest BCUT2D eigenvalue weighted by Gasteiger charge is -2.09. The minimum Gasteiger partial charge on any atom is -0.319 e. The Balaban J connectivity index is 2.96. The van der Waals surface area contributed by atoms with Gasteiger partial charge in [0.1, 0.15) is 11.5 Å². The van der Waals surface area contributed by atoms with E-state index in [1.165, 1.54) is 7.05 Å². The summed E-state index contributed by atoms with van der Waals surface area (Å²) in [6, 6.07) is 0.804. The van der Waals surface area contributed by atoms with Crippen molar-refractivity contribution in [3.63, 3.8) is 0 Å². The SMILES string of the molecule is CNCCS(=O)(=O)Nc1c(F)cc(F)cc1F. The van der Waals surface area contributed by atoms with Gasteiger partial charge >= 0.3 is 0 Å². The van der Waals surface area contributed by atoms with Gasteiger partial charge in [-0.3, -0.25) is 4.72 Å². The summed E-state index contributed by atoms with van der Waals surface area (Å²) in [6.07, 6.45) is 0. The van der Waals surface area contributed by atoms with Crippen LogP contribution in [0.4, 0.5) is 18.9 Å². The van der Waals surface area contributed by atoms with Crippen LogP contribution in [0.2, 0.25) is 0 Å². The molecular weight excluding hydrogens is 257 g/mol. The normalized spacial score (nSPS) is 11.5. The summed E-state index contributed by atoms with van der Waals surface area (Å²) >= 11 is 0. The van der Waals surface area contributed by atoms with Crippen molar-refractivity contribution in [2.75, 3.05) is 24.1 Å². The van der Waals surface area contributed by atoms with Crippen LogP contribution in [0.5, 0.6) is 0 Å². The molecule has 96 valence electrons. The van der Waals surface area contributed by atoms with E-state index in [0.717, 1.165) is 0 Å². The van der Waals surface area contributed by atoms with Crippen molar-refractivity contribution in [2.45, 2.75) is 0 Å². The predicted molar refractivity (Wildman–Crippen MR) is 57.7 cm³/mol. The van der Waals surface area contributed by atoms with Crippen LogP contribution in [0, 0.1) is 17.5 Å². The number of nitrogens with one attached hydrogen (secondary N) is 2. The van der Waals surface area contributed by atoms with E-state index < -0.39 is 33.2 Å². The number of sulfonamides is 1. The lowest BCUT2D eigenvalue weighted by Crippen LogP contribution is -2.25. The van der Waals surface area contributed by atoms with Crippen LogP contribution in [0.1, 0.15) is 0 Å². The third-order valence-corrected chi connectivity index (χ3v) is 3.14. The Morgan fingerprint density at radius 3 is 2.18 bits per heavy atom. The summed E-state index contributed by atoms with van der Waals surface area (Å²) in [5, 5.41) is 2.58. The first-order valence-electron chi connectivity index (χ1n) is 4.65. The maximum absolute atomic E-state index is 13.1. The Hall–Kier alpha value is -1.28. The Morgan fingerprint density at radius 2 is 1.71 bits per heavy atom. The first-order valence-corrected chi connectivity index (χ1v) is 6.30. The summed E-state index contributed by atoms with van der Waals surface area (Å²) in [5.74, 6) is -4.05. The first-order chi connectivity index (χ1) is 7.85. The van der Waals surface area contributed by atoms with Gasteiger partial charge in [-0.25, -0.2) is 21.6 Å². The molecule has 0 bridgehead atoms. The van der Waals surface area contributed by atoms with Crippen LogP contribution < -0.4 is 10.0 Å². The zero-order chi connectivity index (χ0) is 13.1. The summed E-state index contributed by atoms with van der Waals surface area (Å²) in [5.41, 5.74) is -0.873. The highest BCUT2D eigenvalue weighted by atomic mass is 32.2. The van der Waals surface area contributed by atoms with E-state index in [4.69, 9.17) is 0 Å². The van der Waals surface area contributed by atoms with Crippen molar-refractivity contribution >= 4 is 15.7 Å². The molecule has 1 rings (SSSR count). The highest BCUT2D eigenvalue weighted by molar-refractivity contribution is 7.92. The van der Waals surface area contributed by atoms with Gasteiger partial charge in [0.2, 0.25) is 10.0 Å². The smallest absolute Gasteiger partial charge is 0.234 e. The van der Waals surface area contributed by atoms with Crippen molar-refractivity contribution in [3.05, 3.63) is 29.6 Å². The molecule has 0 unspecified atom stereocenters. The van der Waals surface area contributed by atoms with Gasteiger partial charge in [-0.15, -0.1) is 0 Å². The zero-order valence-corrected chi connectivity index (χ0v) is 9.74. The Kier molecular flexibility index (Phi) is 4.35. The molecule has 0 atom stereocenters. The molecule has 8 heteroatoms. The summed E-state index contributed by atoms with van der Waals surface area (Å²) in [7, 11) is -2.33. The molecule has 0 spiro atoms. The van der Waals surface area contributed by atoms with Gasteiger partial charge in [-0.05, 0) is 7.05 Å². The standard InChI is InChI=1S/C9H11F3N2O2S/c1-13-2-3-17(15,16)14-9-7(11)4-6(10)5-8(9)12/h4-5,13-14H,2-3H2,1H3. The molecule has 0 saturated heterocycles. The minimum atomic E-state index is -3.87. The molecule has 0 radical (unpaired) electrons. The lowest BCUT2D eigenvalue weighted by atomic mass is 10.3. The molecular formula is C9H11F3N2O2S. The van der Waals surface area contributed by atoms with Crippen LogP contribution in [-0.4, -0.2) is 27.8 Å². The number of hydrogen-bond acceptors (Lipinski definition) is 3. The molecule has 0 aliphatic rings. The number of halogens is 3. The second-order valence-electron chi connectivity index (χ2n) is 3.27. The molecule has 0 aliphatic carbocycles. The van der Waals surface area contributed by atoms with E-state index in [2.05, 4.69) is 5.32 Å². The van der Waals surface area contributed by atoms with Crippen LogP contribution in [0.3, 0.4) is 0 Å². The van der Waals surface area contributed by atoms with Gasteiger partial charge < -0.3 is 5.32 Å². The van der Waals surface area contributed by atoms with Gasteiger partial charge in [0.15, 0.2) is 11.6 Å². The van der Waals surface area contributed by atoms with E-state index in [-0.39, 0.29) is 12.3 Å². The van der Waals surface area contributed by atoms with Crippen molar-refractivity contribution in [2.24, 2.45) is 0 Å². The molecule has 2 N–H and O–H groups in total. The number of benzene rings is 1. The average Bonchev–Trinajstić information content (AvgIpc) is 2.21. The third kappa shape index (κ3) is 3.90. The number of rotatable bonds is 5. The van der Waals surface area contributed by atoms with Gasteiger partial charge in [0.25, 0.3) is 0 Å². The van der Waals surface area contributed by atoms with Gasteiger partial charge in [-0.1, -0.05) is 0 Å². The van der Waals surface area contributed by atoms with Gasteiger partial charge in [0.05, 0.1) is 5.75 Å². The summed E-state index contributed by atoms with van der Waals surface area (Å²) in [6.45, 7) is 0.125. The first kappa shape index (κ1) is 13.8. The number of anilines is 1. The molecule has 0 amide bonds. The molecule has 4 nitrogen and oxygen atoms in total. The van der Waals surface area contributed by atoms with Gasteiger partial charge in [0, 0.05) is 18.7 Å². The average molecular weight is 268 g/mol. The molecule has 1 aromatic rings. The fourth-order valence-electron chi connectivity index (χ4n) is 1.08. The van der Waals surface area contributed by atoms with Gasteiger partial charge in [-0.2, -0.15) is 0 Å². The predicted octanol–water partition coefficient (Wildman–Crippen LogP) is 1.06. The van der Waals surface area contributed by atoms with Crippen molar-refractivity contribution < 1.29 is 21.6 Å². The second-order valence-corrected chi connectivity index (χ2v) is 5.11. The van der Waals surface area contributed by atoms with Crippen molar-refractivity contribution in [1.82, 2.24) is 5.32 Å². The van der Waals surface area contributed by atoms with E-state index in [0.29, 0.717) is 12.1 Å². The largest absolute Gasteiger partial charge is 0.319 e. The minimum absolute atomic E-state index is 0.125. The third-order valence-electron chi connectivity index (χ3n) is 1.89. The van der Waals surface area contributed by atoms with Crippen molar-refractivity contribution in [3.8, 4) is 0 Å². The molecule has 0 heterocycles. The highest BCUT2D eigenvalue weighted by Crippen LogP contribution is 2.21. The maximum atomic E-state index is 13.1. The quantitative estimate of drug-likeness (QED) is 0.839. The Morgan fingerprint density at radius 1 is 1.18 bits per heavy atom. The molecule has 1 aromatic carbocycles. The monoisotopic (exact) mass is 268 g/mol. The molecule has 17 heavy (non-hydrogen) atoms.